The maximum atomic E-state index is 13.5. The van der Waals surface area contributed by atoms with E-state index in [4.69, 9.17) is 9.84 Å². The molecule has 0 spiro atoms. The molecular formula is C16H11FO3S. The number of para-hydroxylation sites is 1. The Bertz CT molecular complexity index is 810. The lowest BCUT2D eigenvalue weighted by Crippen LogP contribution is -1.98. The van der Waals surface area contributed by atoms with Gasteiger partial charge in [0.2, 0.25) is 0 Å². The van der Waals surface area contributed by atoms with Crippen molar-refractivity contribution in [3.8, 4) is 5.75 Å². The van der Waals surface area contributed by atoms with E-state index in [0.717, 1.165) is 15.6 Å². The van der Waals surface area contributed by atoms with Crippen LogP contribution in [0.5, 0.6) is 5.75 Å². The molecule has 0 aliphatic carbocycles. The van der Waals surface area contributed by atoms with Crippen LogP contribution in [0.4, 0.5) is 4.39 Å². The van der Waals surface area contributed by atoms with Crippen LogP contribution in [-0.2, 0) is 6.61 Å². The van der Waals surface area contributed by atoms with Gasteiger partial charge in [0.25, 0.3) is 0 Å². The van der Waals surface area contributed by atoms with Gasteiger partial charge in [0.1, 0.15) is 6.61 Å². The molecule has 0 saturated carbocycles. The fraction of sp³-hybridized carbons (Fsp3) is 0.0625. The summed E-state index contributed by atoms with van der Waals surface area (Å²) < 4.78 is 20.0. The maximum Gasteiger partial charge on any atom is 0.335 e. The highest BCUT2D eigenvalue weighted by Gasteiger charge is 2.10. The second-order valence-corrected chi connectivity index (χ2v) is 5.41. The first-order chi connectivity index (χ1) is 10.1. The molecule has 3 rings (SSSR count). The Balaban J connectivity index is 1.89. The number of carboxylic acid groups (broad SMARTS) is 1. The SMILES string of the molecule is O=C(O)c1ccc2scc(COc3ccccc3F)c2c1. The fourth-order valence-electron chi connectivity index (χ4n) is 2.04. The van der Waals surface area contributed by atoms with Crippen LogP contribution < -0.4 is 4.74 Å². The molecule has 0 atom stereocenters. The summed E-state index contributed by atoms with van der Waals surface area (Å²) >= 11 is 1.51. The Kier molecular flexibility index (Phi) is 3.58. The highest BCUT2D eigenvalue weighted by atomic mass is 32.1. The van der Waals surface area contributed by atoms with Gasteiger partial charge in [-0.3, -0.25) is 0 Å². The number of halogens is 1. The Morgan fingerprint density at radius 3 is 2.81 bits per heavy atom. The third-order valence-corrected chi connectivity index (χ3v) is 4.13. The van der Waals surface area contributed by atoms with Gasteiger partial charge in [-0.2, -0.15) is 0 Å². The average molecular weight is 302 g/mol. The summed E-state index contributed by atoms with van der Waals surface area (Å²) in [5.74, 6) is -1.20. The quantitative estimate of drug-likeness (QED) is 0.781. The predicted molar refractivity (Wildman–Crippen MR) is 79.5 cm³/mol. The molecule has 1 N–H and O–H groups in total. The Morgan fingerprint density at radius 2 is 2.05 bits per heavy atom. The van der Waals surface area contributed by atoms with E-state index in [-0.39, 0.29) is 17.9 Å². The van der Waals surface area contributed by atoms with E-state index < -0.39 is 11.8 Å². The Morgan fingerprint density at radius 1 is 1.24 bits per heavy atom. The number of ether oxygens (including phenoxy) is 1. The average Bonchev–Trinajstić information content (AvgIpc) is 2.88. The molecule has 0 amide bonds. The van der Waals surface area contributed by atoms with Crippen LogP contribution in [0.3, 0.4) is 0 Å². The van der Waals surface area contributed by atoms with Crippen molar-refractivity contribution in [1.82, 2.24) is 0 Å². The van der Waals surface area contributed by atoms with Crippen molar-refractivity contribution in [2.75, 3.05) is 0 Å². The second kappa shape index (κ2) is 5.54. The van der Waals surface area contributed by atoms with Crippen molar-refractivity contribution < 1.29 is 19.0 Å². The van der Waals surface area contributed by atoms with Gasteiger partial charge in [-0.25, -0.2) is 9.18 Å². The standard InChI is InChI=1S/C16H11FO3S/c17-13-3-1-2-4-14(13)20-8-11-9-21-15-6-5-10(16(18)19)7-12(11)15/h1-7,9H,8H2,(H,18,19). The summed E-state index contributed by atoms with van der Waals surface area (Å²) in [5, 5.41) is 11.8. The molecule has 0 saturated heterocycles. The van der Waals surface area contributed by atoms with Crippen LogP contribution in [0, 0.1) is 5.82 Å². The van der Waals surface area contributed by atoms with E-state index in [0.29, 0.717) is 0 Å². The van der Waals surface area contributed by atoms with E-state index >= 15 is 0 Å². The molecule has 0 fully saturated rings. The zero-order valence-electron chi connectivity index (χ0n) is 10.9. The van der Waals surface area contributed by atoms with Gasteiger partial charge in [-0.15, -0.1) is 11.3 Å². The Hall–Kier alpha value is -2.40. The molecule has 21 heavy (non-hydrogen) atoms. The Labute approximate surface area is 124 Å². The van der Waals surface area contributed by atoms with E-state index in [1.807, 2.05) is 5.38 Å². The van der Waals surface area contributed by atoms with E-state index in [9.17, 15) is 9.18 Å². The predicted octanol–water partition coefficient (Wildman–Crippen LogP) is 4.32. The van der Waals surface area contributed by atoms with Crippen LogP contribution in [0.25, 0.3) is 10.1 Å². The van der Waals surface area contributed by atoms with Crippen LogP contribution in [-0.4, -0.2) is 11.1 Å². The van der Waals surface area contributed by atoms with Crippen LogP contribution >= 0.6 is 11.3 Å². The van der Waals surface area contributed by atoms with Gasteiger partial charge in [-0.05, 0) is 41.1 Å². The minimum atomic E-state index is -0.968. The number of rotatable bonds is 4. The topological polar surface area (TPSA) is 46.5 Å². The summed E-state index contributed by atoms with van der Waals surface area (Å²) in [4.78, 5) is 11.0. The first-order valence-corrected chi connectivity index (χ1v) is 7.14. The highest BCUT2D eigenvalue weighted by Crippen LogP contribution is 2.28. The van der Waals surface area contributed by atoms with Crippen molar-refractivity contribution >= 4 is 27.4 Å². The first kappa shape index (κ1) is 13.6. The van der Waals surface area contributed by atoms with Crippen molar-refractivity contribution in [2.24, 2.45) is 0 Å². The number of thiophene rings is 1. The largest absolute Gasteiger partial charge is 0.486 e. The van der Waals surface area contributed by atoms with Crippen LogP contribution in [0.15, 0.2) is 47.8 Å². The normalized spacial score (nSPS) is 10.7. The maximum absolute atomic E-state index is 13.5. The van der Waals surface area contributed by atoms with E-state index in [1.165, 1.54) is 17.4 Å². The molecule has 5 heteroatoms. The molecule has 0 unspecified atom stereocenters. The summed E-state index contributed by atoms with van der Waals surface area (Å²) in [5.41, 5.74) is 1.08. The number of carbonyl (C=O) groups is 1. The molecule has 0 aliphatic rings. The number of fused-ring (bicyclic) bond motifs is 1. The highest BCUT2D eigenvalue weighted by molar-refractivity contribution is 7.17. The zero-order valence-corrected chi connectivity index (χ0v) is 11.7. The molecule has 0 bridgehead atoms. The van der Waals surface area contributed by atoms with Gasteiger partial charge in [0, 0.05) is 10.3 Å². The molecular weight excluding hydrogens is 291 g/mol. The zero-order chi connectivity index (χ0) is 14.8. The lowest BCUT2D eigenvalue weighted by molar-refractivity contribution is 0.0697. The number of aromatic carboxylic acids is 1. The van der Waals surface area contributed by atoms with Gasteiger partial charge in [-0.1, -0.05) is 12.1 Å². The molecule has 3 aromatic rings. The minimum absolute atomic E-state index is 0.186. The van der Waals surface area contributed by atoms with Gasteiger partial charge in [0.15, 0.2) is 11.6 Å². The van der Waals surface area contributed by atoms with Crippen molar-refractivity contribution in [3.05, 3.63) is 64.8 Å². The summed E-state index contributed by atoms with van der Waals surface area (Å²) in [6, 6.07) is 11.2. The molecule has 0 radical (unpaired) electrons. The van der Waals surface area contributed by atoms with Crippen molar-refractivity contribution in [2.45, 2.75) is 6.61 Å². The van der Waals surface area contributed by atoms with Gasteiger partial charge >= 0.3 is 5.97 Å². The number of benzene rings is 2. The molecule has 2 aromatic carbocycles. The van der Waals surface area contributed by atoms with Gasteiger partial charge < -0.3 is 9.84 Å². The number of hydrogen-bond donors (Lipinski definition) is 1. The first-order valence-electron chi connectivity index (χ1n) is 6.26. The molecule has 3 nitrogen and oxygen atoms in total. The van der Waals surface area contributed by atoms with Crippen molar-refractivity contribution in [1.29, 1.82) is 0 Å². The smallest absolute Gasteiger partial charge is 0.335 e. The van der Waals surface area contributed by atoms with E-state index in [1.54, 1.807) is 36.4 Å². The van der Waals surface area contributed by atoms with Crippen LogP contribution in [0.1, 0.15) is 15.9 Å². The third kappa shape index (κ3) is 2.73. The van der Waals surface area contributed by atoms with Gasteiger partial charge in [0.05, 0.1) is 5.56 Å². The second-order valence-electron chi connectivity index (χ2n) is 4.50. The number of hydrogen-bond acceptors (Lipinski definition) is 3. The molecule has 1 aromatic heterocycles. The summed E-state index contributed by atoms with van der Waals surface area (Å²) in [7, 11) is 0. The third-order valence-electron chi connectivity index (χ3n) is 3.12. The fourth-order valence-corrected chi connectivity index (χ4v) is 2.97. The summed E-state index contributed by atoms with van der Waals surface area (Å²) in [6.07, 6.45) is 0. The van der Waals surface area contributed by atoms with E-state index in [2.05, 4.69) is 0 Å². The van der Waals surface area contributed by atoms with Crippen LogP contribution in [0.2, 0.25) is 0 Å². The van der Waals surface area contributed by atoms with Crippen molar-refractivity contribution in [3.63, 3.8) is 0 Å². The monoisotopic (exact) mass is 302 g/mol. The minimum Gasteiger partial charge on any atom is -0.486 e. The molecule has 1 heterocycles. The number of carboxylic acids is 1. The molecule has 106 valence electrons. The molecule has 0 aliphatic heterocycles. The lowest BCUT2D eigenvalue weighted by atomic mass is 10.1. The summed E-state index contributed by atoms with van der Waals surface area (Å²) in [6.45, 7) is 0.198. The lowest BCUT2D eigenvalue weighted by Gasteiger charge is -2.06.